The molecular weight excluding hydrogens is 261 g/mol. The summed E-state index contributed by atoms with van der Waals surface area (Å²) in [6.07, 6.45) is 0.862. The lowest BCUT2D eigenvalue weighted by Gasteiger charge is -2.22. The van der Waals surface area contributed by atoms with Crippen molar-refractivity contribution in [3.63, 3.8) is 0 Å². The van der Waals surface area contributed by atoms with Crippen molar-refractivity contribution in [3.05, 3.63) is 71.0 Å². The van der Waals surface area contributed by atoms with Gasteiger partial charge in [-0.1, -0.05) is 57.2 Å². The molecule has 2 aromatic rings. The highest BCUT2D eigenvalue weighted by Crippen LogP contribution is 2.30. The van der Waals surface area contributed by atoms with Gasteiger partial charge in [-0.3, -0.25) is 0 Å². The van der Waals surface area contributed by atoms with Crippen LogP contribution in [0, 0.1) is 5.82 Å². The second kappa shape index (κ2) is 6.40. The van der Waals surface area contributed by atoms with Crippen molar-refractivity contribution >= 4 is 0 Å². The molecule has 0 aliphatic carbocycles. The molecule has 1 nitrogen and oxygen atoms in total. The molecule has 0 radical (unpaired) electrons. The third-order valence-corrected chi connectivity index (χ3v) is 3.91. The van der Waals surface area contributed by atoms with E-state index in [0.717, 1.165) is 12.0 Å². The van der Waals surface area contributed by atoms with E-state index in [-0.39, 0.29) is 17.2 Å². The Kier molecular flexibility index (Phi) is 4.79. The van der Waals surface area contributed by atoms with Crippen molar-refractivity contribution in [1.82, 2.24) is 0 Å². The van der Waals surface area contributed by atoms with E-state index in [1.54, 1.807) is 0 Å². The lowest BCUT2D eigenvalue weighted by atomic mass is 9.83. The zero-order chi connectivity index (χ0) is 15.5. The normalized spacial score (nSPS) is 13.2. The quantitative estimate of drug-likeness (QED) is 0.872. The van der Waals surface area contributed by atoms with Crippen LogP contribution in [0.4, 0.5) is 4.39 Å². The Balaban J connectivity index is 2.32. The molecule has 0 bridgehead atoms. The maximum absolute atomic E-state index is 13.1. The van der Waals surface area contributed by atoms with E-state index in [9.17, 15) is 4.39 Å². The van der Waals surface area contributed by atoms with Gasteiger partial charge < -0.3 is 5.73 Å². The van der Waals surface area contributed by atoms with Crippen LogP contribution in [0.25, 0.3) is 0 Å². The maximum atomic E-state index is 13.1. The highest BCUT2D eigenvalue weighted by Gasteiger charge is 2.16. The molecule has 0 aliphatic heterocycles. The molecule has 0 amide bonds. The van der Waals surface area contributed by atoms with Gasteiger partial charge in [0.25, 0.3) is 0 Å². The first-order valence-corrected chi connectivity index (χ1v) is 7.48. The van der Waals surface area contributed by atoms with Crippen LogP contribution in [0.2, 0.25) is 0 Å². The highest BCUT2D eigenvalue weighted by molar-refractivity contribution is 5.36. The van der Waals surface area contributed by atoms with E-state index in [4.69, 9.17) is 5.73 Å². The molecule has 2 heteroatoms. The Morgan fingerprint density at radius 1 is 0.905 bits per heavy atom. The van der Waals surface area contributed by atoms with Gasteiger partial charge in [-0.25, -0.2) is 4.39 Å². The average Bonchev–Trinajstić information content (AvgIpc) is 2.45. The minimum Gasteiger partial charge on any atom is -0.330 e. The zero-order valence-electron chi connectivity index (χ0n) is 13.1. The predicted molar refractivity (Wildman–Crippen MR) is 87.1 cm³/mol. The van der Waals surface area contributed by atoms with E-state index in [2.05, 4.69) is 45.0 Å². The minimum atomic E-state index is -0.201. The van der Waals surface area contributed by atoms with Crippen molar-refractivity contribution < 1.29 is 4.39 Å². The third kappa shape index (κ3) is 3.92. The second-order valence-electron chi connectivity index (χ2n) is 6.55. The fourth-order valence-electron chi connectivity index (χ4n) is 2.60. The summed E-state index contributed by atoms with van der Waals surface area (Å²) in [5, 5.41) is 0. The Hall–Kier alpha value is -1.67. The van der Waals surface area contributed by atoms with E-state index in [0.29, 0.717) is 6.54 Å². The standard InChI is InChI=1S/C19H24FN/c1-19(2,3)16-8-4-14(5-9-16)18(12-13-21)15-6-10-17(20)11-7-15/h4-11,18H,12-13,21H2,1-3H3. The molecule has 2 aromatic carbocycles. The van der Waals surface area contributed by atoms with Gasteiger partial charge >= 0.3 is 0 Å². The summed E-state index contributed by atoms with van der Waals surface area (Å²) in [5.41, 5.74) is 9.58. The van der Waals surface area contributed by atoms with Crippen LogP contribution in [0.3, 0.4) is 0 Å². The molecule has 0 spiro atoms. The molecule has 2 N–H and O–H groups in total. The number of rotatable bonds is 4. The van der Waals surface area contributed by atoms with Crippen LogP contribution in [0.1, 0.15) is 49.8 Å². The monoisotopic (exact) mass is 285 g/mol. The molecule has 2 rings (SSSR count). The van der Waals surface area contributed by atoms with Gasteiger partial charge in [-0.05, 0) is 47.2 Å². The van der Waals surface area contributed by atoms with E-state index in [1.807, 2.05) is 12.1 Å². The third-order valence-electron chi connectivity index (χ3n) is 3.91. The Morgan fingerprint density at radius 2 is 1.38 bits per heavy atom. The first kappa shape index (κ1) is 15.7. The van der Waals surface area contributed by atoms with Gasteiger partial charge in [0.2, 0.25) is 0 Å². The number of hydrogen-bond donors (Lipinski definition) is 1. The number of nitrogens with two attached hydrogens (primary N) is 1. The molecular formula is C19H24FN. The highest BCUT2D eigenvalue weighted by atomic mass is 19.1. The van der Waals surface area contributed by atoms with Gasteiger partial charge in [0, 0.05) is 5.92 Å². The van der Waals surface area contributed by atoms with Crippen molar-refractivity contribution in [3.8, 4) is 0 Å². The van der Waals surface area contributed by atoms with Gasteiger partial charge in [-0.2, -0.15) is 0 Å². The summed E-state index contributed by atoms with van der Waals surface area (Å²) in [6, 6.07) is 15.4. The molecule has 1 atom stereocenters. The summed E-state index contributed by atoms with van der Waals surface area (Å²) in [6.45, 7) is 7.24. The predicted octanol–water partition coefficient (Wildman–Crippen LogP) is 4.60. The van der Waals surface area contributed by atoms with Crippen LogP contribution >= 0.6 is 0 Å². The lowest BCUT2D eigenvalue weighted by Crippen LogP contribution is -2.12. The maximum Gasteiger partial charge on any atom is 0.123 e. The minimum absolute atomic E-state index is 0.151. The Bertz CT molecular complexity index is 564. The van der Waals surface area contributed by atoms with Gasteiger partial charge in [0.15, 0.2) is 0 Å². The first-order valence-electron chi connectivity index (χ1n) is 7.48. The molecule has 0 fully saturated rings. The number of benzene rings is 2. The fourth-order valence-corrected chi connectivity index (χ4v) is 2.60. The van der Waals surface area contributed by atoms with Gasteiger partial charge in [0.05, 0.1) is 0 Å². The van der Waals surface area contributed by atoms with Crippen LogP contribution in [-0.2, 0) is 5.41 Å². The SMILES string of the molecule is CC(C)(C)c1ccc(C(CCN)c2ccc(F)cc2)cc1. The topological polar surface area (TPSA) is 26.0 Å². The molecule has 0 aliphatic rings. The van der Waals surface area contributed by atoms with E-state index < -0.39 is 0 Å². The van der Waals surface area contributed by atoms with E-state index >= 15 is 0 Å². The Morgan fingerprint density at radius 3 is 1.81 bits per heavy atom. The smallest absolute Gasteiger partial charge is 0.123 e. The van der Waals surface area contributed by atoms with Gasteiger partial charge in [0.1, 0.15) is 5.82 Å². The summed E-state index contributed by atoms with van der Waals surface area (Å²) >= 11 is 0. The largest absolute Gasteiger partial charge is 0.330 e. The summed E-state index contributed by atoms with van der Waals surface area (Å²) in [5.74, 6) is 0.0259. The molecule has 112 valence electrons. The van der Waals surface area contributed by atoms with Crippen molar-refractivity contribution in [2.75, 3.05) is 6.54 Å². The zero-order valence-corrected chi connectivity index (χ0v) is 13.1. The van der Waals surface area contributed by atoms with Crippen LogP contribution in [0.5, 0.6) is 0 Å². The van der Waals surface area contributed by atoms with Gasteiger partial charge in [-0.15, -0.1) is 0 Å². The van der Waals surface area contributed by atoms with Crippen molar-refractivity contribution in [2.24, 2.45) is 5.73 Å². The lowest BCUT2D eigenvalue weighted by molar-refractivity contribution is 0.589. The molecule has 0 aromatic heterocycles. The molecule has 1 unspecified atom stereocenters. The molecule has 0 saturated carbocycles. The number of halogens is 1. The summed E-state index contributed by atoms with van der Waals surface area (Å²) < 4.78 is 13.1. The fraction of sp³-hybridized carbons (Fsp3) is 0.368. The van der Waals surface area contributed by atoms with E-state index in [1.165, 1.54) is 23.3 Å². The number of hydrogen-bond acceptors (Lipinski definition) is 1. The Labute approximate surface area is 127 Å². The molecule has 0 heterocycles. The molecule has 21 heavy (non-hydrogen) atoms. The molecule has 0 saturated heterocycles. The second-order valence-corrected chi connectivity index (χ2v) is 6.55. The summed E-state index contributed by atoms with van der Waals surface area (Å²) in [7, 11) is 0. The van der Waals surface area contributed by atoms with Crippen molar-refractivity contribution in [2.45, 2.75) is 38.5 Å². The first-order chi connectivity index (χ1) is 9.91. The average molecular weight is 285 g/mol. The summed E-state index contributed by atoms with van der Waals surface area (Å²) in [4.78, 5) is 0. The van der Waals surface area contributed by atoms with Crippen molar-refractivity contribution in [1.29, 1.82) is 0 Å². The van der Waals surface area contributed by atoms with Crippen LogP contribution < -0.4 is 5.73 Å². The van der Waals surface area contributed by atoms with Crippen LogP contribution in [-0.4, -0.2) is 6.54 Å². The van der Waals surface area contributed by atoms with Crippen LogP contribution in [0.15, 0.2) is 48.5 Å².